The van der Waals surface area contributed by atoms with Crippen LogP contribution < -0.4 is 5.73 Å². The zero-order valence-corrected chi connectivity index (χ0v) is 11.3. The molecule has 3 nitrogen and oxygen atoms in total. The predicted molar refractivity (Wildman–Crippen MR) is 74.1 cm³/mol. The van der Waals surface area contributed by atoms with Crippen molar-refractivity contribution in [2.75, 3.05) is 13.2 Å². The van der Waals surface area contributed by atoms with E-state index < -0.39 is 0 Å². The summed E-state index contributed by atoms with van der Waals surface area (Å²) in [5.41, 5.74) is 8.12. The van der Waals surface area contributed by atoms with Crippen LogP contribution in [0.25, 0.3) is 10.9 Å². The molecular formula is C13H17BrN2O. The van der Waals surface area contributed by atoms with Crippen molar-refractivity contribution in [3.8, 4) is 0 Å². The average molecular weight is 297 g/mol. The van der Waals surface area contributed by atoms with E-state index >= 15 is 0 Å². The lowest BCUT2D eigenvalue weighted by Gasteiger charge is -2.03. The van der Waals surface area contributed by atoms with E-state index in [9.17, 15) is 0 Å². The third kappa shape index (κ3) is 2.70. The van der Waals surface area contributed by atoms with Crippen molar-refractivity contribution in [2.45, 2.75) is 19.4 Å². The summed E-state index contributed by atoms with van der Waals surface area (Å²) >= 11 is 3.50. The number of aliphatic hydroxyl groups is 1. The number of halogens is 1. The minimum absolute atomic E-state index is 0.222. The summed E-state index contributed by atoms with van der Waals surface area (Å²) in [6, 6.07) is 6.30. The Balaban J connectivity index is 2.46. The van der Waals surface area contributed by atoms with Crippen LogP contribution in [0.5, 0.6) is 0 Å². The number of aliphatic hydroxyl groups excluding tert-OH is 1. The second-order valence-electron chi connectivity index (χ2n) is 4.13. The first-order valence-corrected chi connectivity index (χ1v) is 6.63. The molecule has 0 aliphatic carbocycles. The molecular weight excluding hydrogens is 280 g/mol. The molecule has 17 heavy (non-hydrogen) atoms. The van der Waals surface area contributed by atoms with E-state index in [1.54, 1.807) is 0 Å². The van der Waals surface area contributed by atoms with Crippen molar-refractivity contribution >= 4 is 26.8 Å². The average Bonchev–Trinajstić information content (AvgIpc) is 2.65. The normalized spacial score (nSPS) is 11.2. The van der Waals surface area contributed by atoms with Crippen LogP contribution in [-0.2, 0) is 13.0 Å². The molecule has 1 aromatic carbocycles. The summed E-state index contributed by atoms with van der Waals surface area (Å²) in [6.45, 7) is 1.73. The van der Waals surface area contributed by atoms with E-state index in [1.807, 2.05) is 0 Å². The monoisotopic (exact) mass is 296 g/mol. The maximum atomic E-state index is 8.92. The highest BCUT2D eigenvalue weighted by Crippen LogP contribution is 2.25. The molecule has 0 aliphatic rings. The van der Waals surface area contributed by atoms with Gasteiger partial charge in [-0.1, -0.05) is 22.0 Å². The highest BCUT2D eigenvalue weighted by Gasteiger charge is 2.08. The number of nitrogens with zero attached hydrogens (tertiary/aromatic N) is 1. The highest BCUT2D eigenvalue weighted by molar-refractivity contribution is 9.10. The van der Waals surface area contributed by atoms with Gasteiger partial charge in [0.1, 0.15) is 0 Å². The van der Waals surface area contributed by atoms with Crippen molar-refractivity contribution in [3.63, 3.8) is 0 Å². The van der Waals surface area contributed by atoms with E-state index in [1.165, 1.54) is 16.5 Å². The maximum absolute atomic E-state index is 8.92. The molecule has 0 spiro atoms. The van der Waals surface area contributed by atoms with Gasteiger partial charge in [0.25, 0.3) is 0 Å². The zero-order valence-electron chi connectivity index (χ0n) is 9.69. The largest absolute Gasteiger partial charge is 0.396 e. The topological polar surface area (TPSA) is 51.2 Å². The number of aryl methyl sites for hydroxylation is 1. The molecule has 0 atom stereocenters. The Morgan fingerprint density at radius 2 is 2.18 bits per heavy atom. The van der Waals surface area contributed by atoms with Gasteiger partial charge in [-0.25, -0.2) is 0 Å². The lowest BCUT2D eigenvalue weighted by atomic mass is 10.1. The first-order valence-electron chi connectivity index (χ1n) is 5.84. The molecule has 0 unspecified atom stereocenters. The van der Waals surface area contributed by atoms with Crippen LogP contribution in [0.2, 0.25) is 0 Å². The molecule has 4 heteroatoms. The molecule has 0 fully saturated rings. The molecule has 1 heterocycles. The van der Waals surface area contributed by atoms with Crippen LogP contribution >= 0.6 is 15.9 Å². The summed E-state index contributed by atoms with van der Waals surface area (Å²) in [6.07, 6.45) is 3.82. The molecule has 0 saturated carbocycles. The quantitative estimate of drug-likeness (QED) is 0.889. The summed E-state index contributed by atoms with van der Waals surface area (Å²) < 4.78 is 3.27. The van der Waals surface area contributed by atoms with Crippen molar-refractivity contribution in [2.24, 2.45) is 5.73 Å². The lowest BCUT2D eigenvalue weighted by molar-refractivity contribution is 0.280. The van der Waals surface area contributed by atoms with E-state index in [-0.39, 0.29) is 6.61 Å². The molecule has 2 aromatic rings. The molecule has 0 bridgehead atoms. The summed E-state index contributed by atoms with van der Waals surface area (Å²) in [7, 11) is 0. The fraction of sp³-hybridized carbons (Fsp3) is 0.385. The number of hydrogen-bond acceptors (Lipinski definition) is 2. The number of nitrogens with two attached hydrogens (primary N) is 1. The smallest absolute Gasteiger partial charge is 0.0494 e. The van der Waals surface area contributed by atoms with Crippen molar-refractivity contribution in [1.82, 2.24) is 4.57 Å². The Morgan fingerprint density at radius 1 is 1.35 bits per heavy atom. The van der Waals surface area contributed by atoms with Gasteiger partial charge in [-0.2, -0.15) is 0 Å². The summed E-state index contributed by atoms with van der Waals surface area (Å²) in [5, 5.41) is 10.2. The third-order valence-corrected chi connectivity index (χ3v) is 3.39. The van der Waals surface area contributed by atoms with Gasteiger partial charge in [0.05, 0.1) is 0 Å². The maximum Gasteiger partial charge on any atom is 0.0494 e. The molecule has 2 rings (SSSR count). The highest BCUT2D eigenvalue weighted by atomic mass is 79.9. The lowest BCUT2D eigenvalue weighted by Crippen LogP contribution is -2.02. The molecule has 1 aromatic heterocycles. The Bertz CT molecular complexity index is 507. The first kappa shape index (κ1) is 12.6. The SMILES string of the molecule is NCCc1cn(CCCO)c2cc(Br)ccc12. The fourth-order valence-electron chi connectivity index (χ4n) is 2.12. The molecule has 3 N–H and O–H groups in total. The Hall–Kier alpha value is -0.840. The number of hydrogen-bond donors (Lipinski definition) is 2. The van der Waals surface area contributed by atoms with Gasteiger partial charge in [0.15, 0.2) is 0 Å². The number of benzene rings is 1. The van der Waals surface area contributed by atoms with Crippen molar-refractivity contribution < 1.29 is 5.11 Å². The van der Waals surface area contributed by atoms with Gasteiger partial charge < -0.3 is 15.4 Å². The van der Waals surface area contributed by atoms with Crippen LogP contribution in [0.3, 0.4) is 0 Å². The second-order valence-corrected chi connectivity index (χ2v) is 5.04. The van der Waals surface area contributed by atoms with Gasteiger partial charge in [-0.3, -0.25) is 0 Å². The predicted octanol–water partition coefficient (Wildman–Crippen LogP) is 2.29. The van der Waals surface area contributed by atoms with Crippen LogP contribution in [0.4, 0.5) is 0 Å². The van der Waals surface area contributed by atoms with Gasteiger partial charge in [0, 0.05) is 34.7 Å². The molecule has 0 radical (unpaired) electrons. The van der Waals surface area contributed by atoms with Gasteiger partial charge in [-0.15, -0.1) is 0 Å². The number of aromatic nitrogens is 1. The molecule has 0 aliphatic heterocycles. The third-order valence-electron chi connectivity index (χ3n) is 2.90. The van der Waals surface area contributed by atoms with Crippen molar-refractivity contribution in [1.29, 1.82) is 0 Å². The van der Waals surface area contributed by atoms with Crippen LogP contribution in [0, 0.1) is 0 Å². The standard InChI is InChI=1S/C13H17BrN2O/c14-11-2-3-12-10(4-5-15)9-16(6-1-7-17)13(12)8-11/h2-3,8-9,17H,1,4-7,15H2. The van der Waals surface area contributed by atoms with Crippen LogP contribution in [0.15, 0.2) is 28.9 Å². The Labute approximate surface area is 109 Å². The van der Waals surface area contributed by atoms with Crippen LogP contribution in [-0.4, -0.2) is 22.8 Å². The molecule has 92 valence electrons. The Morgan fingerprint density at radius 3 is 2.88 bits per heavy atom. The summed E-state index contributed by atoms with van der Waals surface area (Å²) in [4.78, 5) is 0. The van der Waals surface area contributed by atoms with E-state index in [2.05, 4.69) is 44.9 Å². The summed E-state index contributed by atoms with van der Waals surface area (Å²) in [5.74, 6) is 0. The number of fused-ring (bicyclic) bond motifs is 1. The van der Waals surface area contributed by atoms with Gasteiger partial charge in [0.2, 0.25) is 0 Å². The minimum atomic E-state index is 0.222. The number of rotatable bonds is 5. The zero-order chi connectivity index (χ0) is 12.3. The minimum Gasteiger partial charge on any atom is -0.396 e. The Kier molecular flexibility index (Phi) is 4.20. The van der Waals surface area contributed by atoms with E-state index in [4.69, 9.17) is 10.8 Å². The second kappa shape index (κ2) is 5.67. The fourth-order valence-corrected chi connectivity index (χ4v) is 2.47. The van der Waals surface area contributed by atoms with Gasteiger partial charge in [-0.05, 0) is 37.1 Å². The molecule has 0 saturated heterocycles. The first-order chi connectivity index (χ1) is 8.26. The van der Waals surface area contributed by atoms with Crippen molar-refractivity contribution in [3.05, 3.63) is 34.4 Å². The molecule has 0 amide bonds. The van der Waals surface area contributed by atoms with E-state index in [0.29, 0.717) is 6.54 Å². The van der Waals surface area contributed by atoms with E-state index in [0.717, 1.165) is 23.9 Å². The van der Waals surface area contributed by atoms with Gasteiger partial charge >= 0.3 is 0 Å². The van der Waals surface area contributed by atoms with Crippen LogP contribution in [0.1, 0.15) is 12.0 Å².